The van der Waals surface area contributed by atoms with Gasteiger partial charge in [-0.25, -0.2) is 0 Å². The lowest BCUT2D eigenvalue weighted by Gasteiger charge is -2.20. The Balaban J connectivity index is 2.03. The van der Waals surface area contributed by atoms with E-state index >= 15 is 0 Å². The second-order valence-corrected chi connectivity index (χ2v) is 7.17. The predicted octanol–water partition coefficient (Wildman–Crippen LogP) is 3.40. The van der Waals surface area contributed by atoms with Crippen molar-refractivity contribution in [1.29, 1.82) is 0 Å². The molecule has 0 amide bonds. The number of hydrogen-bond acceptors (Lipinski definition) is 5. The molecule has 28 heavy (non-hydrogen) atoms. The number of methoxy groups -OCH3 is 1. The van der Waals surface area contributed by atoms with Gasteiger partial charge in [0.2, 0.25) is 0 Å². The molecule has 0 aliphatic heterocycles. The van der Waals surface area contributed by atoms with Gasteiger partial charge in [0.1, 0.15) is 6.10 Å². The van der Waals surface area contributed by atoms with Crippen molar-refractivity contribution in [1.82, 2.24) is 5.32 Å². The van der Waals surface area contributed by atoms with Gasteiger partial charge in [0.25, 0.3) is 0 Å². The van der Waals surface area contributed by atoms with Crippen molar-refractivity contribution in [3.05, 3.63) is 69.7 Å². The number of ether oxygens (including phenoxy) is 2. The molecule has 2 rings (SSSR count). The summed E-state index contributed by atoms with van der Waals surface area (Å²) in [5.74, 6) is -0.147. The van der Waals surface area contributed by atoms with Crippen LogP contribution in [-0.2, 0) is 15.9 Å². The van der Waals surface area contributed by atoms with E-state index < -0.39 is 12.2 Å². The van der Waals surface area contributed by atoms with E-state index in [9.17, 15) is 9.90 Å². The number of rotatable bonds is 12. The highest BCUT2D eigenvalue weighted by molar-refractivity contribution is 6.42. The number of carbonyl (C=O) groups excluding carboxylic acids is 1. The van der Waals surface area contributed by atoms with Crippen molar-refractivity contribution < 1.29 is 19.4 Å². The molecule has 5 nitrogen and oxygen atoms in total. The first-order valence-electron chi connectivity index (χ1n) is 9.03. The maximum Gasteiger partial charge on any atom is 0.191 e. The van der Waals surface area contributed by atoms with Gasteiger partial charge in [0.15, 0.2) is 5.78 Å². The number of carbonyl (C=O) groups is 1. The van der Waals surface area contributed by atoms with Crippen LogP contribution in [0.1, 0.15) is 15.9 Å². The van der Waals surface area contributed by atoms with E-state index in [1.54, 1.807) is 43.5 Å². The van der Waals surface area contributed by atoms with Crippen LogP contribution in [0.15, 0.2) is 48.5 Å². The average molecular weight is 426 g/mol. The SMILES string of the molecule is COCCNCC(O)COC(Cc1ccc(Cl)c(Cl)c1)C(=O)c1ccccc1. The smallest absolute Gasteiger partial charge is 0.191 e. The minimum atomic E-state index is -0.742. The maximum absolute atomic E-state index is 12.9. The van der Waals surface area contributed by atoms with E-state index in [2.05, 4.69) is 5.32 Å². The van der Waals surface area contributed by atoms with E-state index in [4.69, 9.17) is 32.7 Å². The molecule has 0 aliphatic carbocycles. The molecule has 2 aromatic rings. The van der Waals surface area contributed by atoms with Crippen molar-refractivity contribution in [2.75, 3.05) is 33.4 Å². The molecular formula is C21H25Cl2NO4. The number of aliphatic hydroxyl groups excluding tert-OH is 1. The van der Waals surface area contributed by atoms with Crippen LogP contribution in [0.5, 0.6) is 0 Å². The predicted molar refractivity (Wildman–Crippen MR) is 111 cm³/mol. The Bertz CT molecular complexity index is 742. The Labute approximate surface area is 175 Å². The Hall–Kier alpha value is -1.47. The molecule has 0 aliphatic rings. The molecule has 0 spiro atoms. The zero-order valence-corrected chi connectivity index (χ0v) is 17.2. The largest absolute Gasteiger partial charge is 0.389 e. The standard InChI is InChI=1S/C21H25Cl2NO4/c1-27-10-9-24-13-17(25)14-28-20(21(26)16-5-3-2-4-6-16)12-15-7-8-18(22)19(23)11-15/h2-8,11,17,20,24-25H,9-10,12-14H2,1H3. The van der Waals surface area contributed by atoms with Gasteiger partial charge in [-0.3, -0.25) is 4.79 Å². The highest BCUT2D eigenvalue weighted by atomic mass is 35.5. The van der Waals surface area contributed by atoms with E-state index in [0.717, 1.165) is 5.56 Å². The van der Waals surface area contributed by atoms with E-state index in [-0.39, 0.29) is 12.4 Å². The molecule has 7 heteroatoms. The molecule has 2 atom stereocenters. The summed E-state index contributed by atoms with van der Waals surface area (Å²) in [5.41, 5.74) is 1.39. The topological polar surface area (TPSA) is 67.8 Å². The lowest BCUT2D eigenvalue weighted by atomic mass is 10.00. The third-order valence-electron chi connectivity index (χ3n) is 4.11. The molecular weight excluding hydrogens is 401 g/mol. The lowest BCUT2D eigenvalue weighted by Crippen LogP contribution is -2.36. The Morgan fingerprint density at radius 3 is 2.57 bits per heavy atom. The van der Waals surface area contributed by atoms with Crippen LogP contribution in [0, 0.1) is 0 Å². The molecule has 2 N–H and O–H groups in total. The number of nitrogens with one attached hydrogen (secondary N) is 1. The fourth-order valence-electron chi connectivity index (χ4n) is 2.63. The number of aliphatic hydroxyl groups is 1. The summed E-state index contributed by atoms with van der Waals surface area (Å²) >= 11 is 12.1. The third kappa shape index (κ3) is 7.51. The first kappa shape index (κ1) is 22.8. The fourth-order valence-corrected chi connectivity index (χ4v) is 2.95. The van der Waals surface area contributed by atoms with Crippen LogP contribution < -0.4 is 5.32 Å². The molecule has 0 radical (unpaired) electrons. The zero-order chi connectivity index (χ0) is 20.4. The number of Topliss-reactive ketones (excluding diaryl/α,β-unsaturated/α-hetero) is 1. The quantitative estimate of drug-likeness (QED) is 0.402. The van der Waals surface area contributed by atoms with Crippen LogP contribution in [0.4, 0.5) is 0 Å². The summed E-state index contributed by atoms with van der Waals surface area (Å²) in [6, 6.07) is 14.2. The molecule has 0 fully saturated rings. The van der Waals surface area contributed by atoms with E-state index in [1.165, 1.54) is 0 Å². The third-order valence-corrected chi connectivity index (χ3v) is 4.85. The summed E-state index contributed by atoms with van der Waals surface area (Å²) < 4.78 is 10.8. The summed E-state index contributed by atoms with van der Waals surface area (Å²) in [7, 11) is 1.62. The molecule has 0 bridgehead atoms. The van der Waals surface area contributed by atoms with Crippen molar-refractivity contribution in [3.8, 4) is 0 Å². The number of halogens is 2. The van der Waals surface area contributed by atoms with Crippen LogP contribution in [0.25, 0.3) is 0 Å². The van der Waals surface area contributed by atoms with Gasteiger partial charge in [0.05, 0.1) is 29.4 Å². The van der Waals surface area contributed by atoms with E-state index in [0.29, 0.717) is 41.7 Å². The zero-order valence-electron chi connectivity index (χ0n) is 15.7. The molecule has 2 unspecified atom stereocenters. The van der Waals surface area contributed by atoms with Gasteiger partial charge in [-0.1, -0.05) is 59.6 Å². The number of hydrogen-bond donors (Lipinski definition) is 2. The van der Waals surface area contributed by atoms with Crippen LogP contribution >= 0.6 is 23.2 Å². The second kappa shape index (κ2) is 12.2. The molecule has 152 valence electrons. The molecule has 0 saturated heterocycles. The summed E-state index contributed by atoms with van der Waals surface area (Å²) in [4.78, 5) is 12.9. The van der Waals surface area contributed by atoms with Crippen molar-refractivity contribution in [2.45, 2.75) is 18.6 Å². The average Bonchev–Trinajstić information content (AvgIpc) is 2.71. The van der Waals surface area contributed by atoms with Crippen LogP contribution in [-0.4, -0.2) is 56.5 Å². The van der Waals surface area contributed by atoms with Gasteiger partial charge in [-0.05, 0) is 17.7 Å². The van der Waals surface area contributed by atoms with Crippen molar-refractivity contribution in [3.63, 3.8) is 0 Å². The van der Waals surface area contributed by atoms with Gasteiger partial charge in [0, 0.05) is 32.2 Å². The minimum absolute atomic E-state index is 0.0323. The van der Waals surface area contributed by atoms with Crippen molar-refractivity contribution >= 4 is 29.0 Å². The first-order valence-corrected chi connectivity index (χ1v) is 9.79. The highest BCUT2D eigenvalue weighted by Crippen LogP contribution is 2.24. The molecule has 0 heterocycles. The maximum atomic E-state index is 12.9. The lowest BCUT2D eigenvalue weighted by molar-refractivity contribution is -0.00197. The van der Waals surface area contributed by atoms with Gasteiger partial charge < -0.3 is 19.9 Å². The number of ketones is 1. The summed E-state index contributed by atoms with van der Waals surface area (Å²) in [6.07, 6.45) is -1.15. The first-order chi connectivity index (χ1) is 13.5. The van der Waals surface area contributed by atoms with Gasteiger partial charge in [-0.15, -0.1) is 0 Å². The van der Waals surface area contributed by atoms with Crippen molar-refractivity contribution in [2.24, 2.45) is 0 Å². The normalized spacial score (nSPS) is 13.3. The Morgan fingerprint density at radius 1 is 1.14 bits per heavy atom. The summed E-state index contributed by atoms with van der Waals surface area (Å²) in [6.45, 7) is 1.57. The second-order valence-electron chi connectivity index (χ2n) is 6.36. The van der Waals surface area contributed by atoms with Gasteiger partial charge in [-0.2, -0.15) is 0 Å². The molecule has 0 saturated carbocycles. The number of benzene rings is 2. The minimum Gasteiger partial charge on any atom is -0.389 e. The Morgan fingerprint density at radius 2 is 1.89 bits per heavy atom. The monoisotopic (exact) mass is 425 g/mol. The van der Waals surface area contributed by atoms with E-state index in [1.807, 2.05) is 12.1 Å². The highest BCUT2D eigenvalue weighted by Gasteiger charge is 2.23. The molecule has 0 aromatic heterocycles. The van der Waals surface area contributed by atoms with Crippen LogP contribution in [0.3, 0.4) is 0 Å². The summed E-state index contributed by atoms with van der Waals surface area (Å²) in [5, 5.41) is 14.1. The fraction of sp³-hybridized carbons (Fsp3) is 0.381. The molecule has 2 aromatic carbocycles. The van der Waals surface area contributed by atoms with Crippen LogP contribution in [0.2, 0.25) is 10.0 Å². The Kier molecular flexibility index (Phi) is 9.92. The van der Waals surface area contributed by atoms with Gasteiger partial charge >= 0.3 is 0 Å².